The average molecular weight is 252 g/mol. The number of halogens is 1. The van der Waals surface area contributed by atoms with Crippen molar-refractivity contribution in [1.29, 1.82) is 0 Å². The monoisotopic (exact) mass is 251 g/mol. The van der Waals surface area contributed by atoms with Gasteiger partial charge in [-0.15, -0.1) is 0 Å². The molecule has 1 aromatic heterocycles. The van der Waals surface area contributed by atoms with Crippen LogP contribution in [0.3, 0.4) is 0 Å². The van der Waals surface area contributed by atoms with Gasteiger partial charge in [-0.3, -0.25) is 0 Å². The Morgan fingerprint density at radius 1 is 1.35 bits per heavy atom. The van der Waals surface area contributed by atoms with Crippen LogP contribution in [0.2, 0.25) is 5.22 Å². The van der Waals surface area contributed by atoms with E-state index in [1.165, 1.54) is 6.42 Å². The summed E-state index contributed by atoms with van der Waals surface area (Å²) in [5.41, 5.74) is 1.92. The fourth-order valence-electron chi connectivity index (χ4n) is 1.82. The molecule has 1 unspecified atom stereocenters. The van der Waals surface area contributed by atoms with Crippen LogP contribution in [0.25, 0.3) is 11.0 Å². The number of para-hydroxylation sites is 1. The van der Waals surface area contributed by atoms with Crippen LogP contribution in [0.1, 0.15) is 25.8 Å². The van der Waals surface area contributed by atoms with Crippen LogP contribution in [0.15, 0.2) is 28.7 Å². The second-order valence-electron chi connectivity index (χ2n) is 4.49. The van der Waals surface area contributed by atoms with Gasteiger partial charge in [0.05, 0.1) is 0 Å². The second kappa shape index (κ2) is 5.56. The maximum Gasteiger partial charge on any atom is 0.199 e. The molecule has 1 heterocycles. The maximum absolute atomic E-state index is 6.11. The van der Waals surface area contributed by atoms with Gasteiger partial charge in [0.25, 0.3) is 0 Å². The first kappa shape index (κ1) is 12.5. The fourth-order valence-corrected chi connectivity index (χ4v) is 2.07. The first-order chi connectivity index (χ1) is 8.22. The number of rotatable bonds is 5. The zero-order valence-corrected chi connectivity index (χ0v) is 11.1. The van der Waals surface area contributed by atoms with Crippen molar-refractivity contribution >= 4 is 22.6 Å². The lowest BCUT2D eigenvalue weighted by Gasteiger charge is -2.09. The Balaban J connectivity index is 2.10. The van der Waals surface area contributed by atoms with Gasteiger partial charge in [0, 0.05) is 17.5 Å². The molecule has 2 rings (SSSR count). The normalized spacial score (nSPS) is 13.1. The highest BCUT2D eigenvalue weighted by Gasteiger charge is 2.11. The van der Waals surface area contributed by atoms with E-state index < -0.39 is 0 Å². The zero-order chi connectivity index (χ0) is 12.3. The molecule has 17 heavy (non-hydrogen) atoms. The van der Waals surface area contributed by atoms with Gasteiger partial charge in [0.1, 0.15) is 5.58 Å². The largest absolute Gasteiger partial charge is 0.444 e. The molecular formula is C14H18ClNO. The highest BCUT2D eigenvalue weighted by Crippen LogP contribution is 2.29. The van der Waals surface area contributed by atoms with Gasteiger partial charge in [-0.25, -0.2) is 0 Å². The summed E-state index contributed by atoms with van der Waals surface area (Å²) in [5, 5.41) is 5.04. The molecule has 0 aliphatic heterocycles. The molecule has 0 spiro atoms. The highest BCUT2D eigenvalue weighted by atomic mass is 35.5. The first-order valence-corrected chi connectivity index (χ1v) is 6.46. The Hall–Kier alpha value is -0.990. The average Bonchev–Trinajstić information content (AvgIpc) is 2.66. The van der Waals surface area contributed by atoms with Gasteiger partial charge in [-0.05, 0) is 30.1 Å². The Bertz CT molecular complexity index is 492. The van der Waals surface area contributed by atoms with Crippen molar-refractivity contribution in [3.63, 3.8) is 0 Å². The topological polar surface area (TPSA) is 25.2 Å². The standard InChI is InChI=1S/C14H18ClNO/c1-3-10(2)8-16-9-12-11-6-4-5-7-13(11)17-14(12)15/h4-7,10,16H,3,8-9H2,1-2H3. The van der Waals surface area contributed by atoms with Gasteiger partial charge >= 0.3 is 0 Å². The summed E-state index contributed by atoms with van der Waals surface area (Å²) < 4.78 is 5.51. The smallest absolute Gasteiger partial charge is 0.199 e. The van der Waals surface area contributed by atoms with Gasteiger partial charge in [-0.2, -0.15) is 0 Å². The van der Waals surface area contributed by atoms with Gasteiger partial charge in [0.15, 0.2) is 5.22 Å². The second-order valence-corrected chi connectivity index (χ2v) is 4.84. The molecule has 0 saturated carbocycles. The molecule has 0 bridgehead atoms. The molecule has 1 N–H and O–H groups in total. The van der Waals surface area contributed by atoms with Crippen molar-refractivity contribution in [3.8, 4) is 0 Å². The molecule has 1 aromatic carbocycles. The van der Waals surface area contributed by atoms with Gasteiger partial charge in [-0.1, -0.05) is 38.5 Å². The van der Waals surface area contributed by atoms with Crippen LogP contribution in [0, 0.1) is 5.92 Å². The molecule has 0 radical (unpaired) electrons. The SMILES string of the molecule is CCC(C)CNCc1c(Cl)oc2ccccc12. The molecule has 2 nitrogen and oxygen atoms in total. The van der Waals surface area contributed by atoms with Crippen LogP contribution in [0.5, 0.6) is 0 Å². The lowest BCUT2D eigenvalue weighted by molar-refractivity contribution is 0.498. The maximum atomic E-state index is 6.11. The molecular weight excluding hydrogens is 234 g/mol. The van der Waals surface area contributed by atoms with Crippen molar-refractivity contribution in [2.45, 2.75) is 26.8 Å². The van der Waals surface area contributed by atoms with Crippen molar-refractivity contribution in [1.82, 2.24) is 5.32 Å². The molecule has 0 saturated heterocycles. The number of fused-ring (bicyclic) bond motifs is 1. The molecule has 0 aliphatic rings. The van der Waals surface area contributed by atoms with Crippen molar-refractivity contribution in [3.05, 3.63) is 35.0 Å². The summed E-state index contributed by atoms with van der Waals surface area (Å²) in [6, 6.07) is 7.95. The molecule has 3 heteroatoms. The summed E-state index contributed by atoms with van der Waals surface area (Å²) in [5.74, 6) is 0.687. The van der Waals surface area contributed by atoms with Crippen molar-refractivity contribution in [2.24, 2.45) is 5.92 Å². The van der Waals surface area contributed by atoms with Crippen LogP contribution in [-0.4, -0.2) is 6.54 Å². The summed E-state index contributed by atoms with van der Waals surface area (Å²) in [7, 11) is 0. The highest BCUT2D eigenvalue weighted by molar-refractivity contribution is 6.30. The minimum Gasteiger partial charge on any atom is -0.444 e. The fraction of sp³-hybridized carbons (Fsp3) is 0.429. The number of furan rings is 1. The Morgan fingerprint density at radius 2 is 2.12 bits per heavy atom. The third-order valence-electron chi connectivity index (χ3n) is 3.14. The van der Waals surface area contributed by atoms with Crippen molar-refractivity contribution < 1.29 is 4.42 Å². The van der Waals surface area contributed by atoms with E-state index >= 15 is 0 Å². The van der Waals surface area contributed by atoms with E-state index in [4.69, 9.17) is 16.0 Å². The molecule has 0 fully saturated rings. The third kappa shape index (κ3) is 2.82. The predicted molar refractivity (Wildman–Crippen MR) is 72.4 cm³/mol. The van der Waals surface area contributed by atoms with Crippen LogP contribution in [-0.2, 0) is 6.54 Å². The van der Waals surface area contributed by atoms with E-state index in [0.717, 1.165) is 29.6 Å². The molecule has 0 aliphatic carbocycles. The number of benzene rings is 1. The van der Waals surface area contributed by atoms with E-state index in [-0.39, 0.29) is 0 Å². The third-order valence-corrected chi connectivity index (χ3v) is 3.45. The van der Waals surface area contributed by atoms with E-state index in [1.807, 2.05) is 24.3 Å². The number of hydrogen-bond acceptors (Lipinski definition) is 2. The van der Waals surface area contributed by atoms with E-state index in [0.29, 0.717) is 11.1 Å². The summed E-state index contributed by atoms with van der Waals surface area (Å²) in [6.45, 7) is 6.21. The zero-order valence-electron chi connectivity index (χ0n) is 10.3. The quantitative estimate of drug-likeness (QED) is 0.861. The molecule has 0 amide bonds. The summed E-state index contributed by atoms with van der Waals surface area (Å²) >= 11 is 6.11. The Kier molecular flexibility index (Phi) is 4.08. The Labute approximate surface area is 107 Å². The van der Waals surface area contributed by atoms with Crippen LogP contribution >= 0.6 is 11.6 Å². The lowest BCUT2D eigenvalue weighted by atomic mass is 10.1. The minimum absolute atomic E-state index is 0.503. The van der Waals surface area contributed by atoms with Gasteiger partial charge in [0.2, 0.25) is 0 Å². The predicted octanol–water partition coefficient (Wildman–Crippen LogP) is 4.22. The first-order valence-electron chi connectivity index (χ1n) is 6.09. The number of nitrogens with one attached hydrogen (secondary N) is 1. The minimum atomic E-state index is 0.503. The summed E-state index contributed by atoms with van der Waals surface area (Å²) in [6.07, 6.45) is 1.19. The molecule has 92 valence electrons. The number of hydrogen-bond donors (Lipinski definition) is 1. The molecule has 2 aromatic rings. The van der Waals surface area contributed by atoms with E-state index in [2.05, 4.69) is 19.2 Å². The van der Waals surface area contributed by atoms with Crippen LogP contribution in [0.4, 0.5) is 0 Å². The molecule has 1 atom stereocenters. The van der Waals surface area contributed by atoms with Crippen molar-refractivity contribution in [2.75, 3.05) is 6.54 Å². The van der Waals surface area contributed by atoms with Crippen LogP contribution < -0.4 is 5.32 Å². The summed E-state index contributed by atoms with van der Waals surface area (Å²) in [4.78, 5) is 0. The van der Waals surface area contributed by atoms with E-state index in [1.54, 1.807) is 0 Å². The van der Waals surface area contributed by atoms with Gasteiger partial charge < -0.3 is 9.73 Å². The lowest BCUT2D eigenvalue weighted by Crippen LogP contribution is -2.20. The Morgan fingerprint density at radius 3 is 2.88 bits per heavy atom. The van der Waals surface area contributed by atoms with E-state index in [9.17, 15) is 0 Å².